The number of aliphatic imine (C=N–C) groups is 1. The first-order valence-corrected chi connectivity index (χ1v) is 10.0. The van der Waals surface area contributed by atoms with E-state index in [1.54, 1.807) is 7.11 Å². The van der Waals surface area contributed by atoms with Crippen LogP contribution in [0.1, 0.15) is 38.2 Å². The minimum atomic E-state index is 0.607. The van der Waals surface area contributed by atoms with Crippen molar-refractivity contribution in [3.8, 4) is 0 Å². The second-order valence-electron chi connectivity index (χ2n) is 7.30. The van der Waals surface area contributed by atoms with Crippen LogP contribution in [0.15, 0.2) is 23.3 Å². The van der Waals surface area contributed by atoms with Crippen LogP contribution in [0.4, 0.5) is 5.82 Å². The molecule has 1 N–H and O–H groups in total. The zero-order valence-corrected chi connectivity index (χ0v) is 16.3. The molecule has 1 unspecified atom stereocenters. The molecule has 6 heteroatoms. The first-order valence-electron chi connectivity index (χ1n) is 10.0. The fraction of sp³-hybridized carbons (Fsp3) is 0.700. The predicted molar refractivity (Wildman–Crippen MR) is 107 cm³/mol. The summed E-state index contributed by atoms with van der Waals surface area (Å²) in [4.78, 5) is 14.2. The topological polar surface area (TPSA) is 53.0 Å². The predicted octanol–water partition coefficient (Wildman–Crippen LogP) is 2.51. The van der Waals surface area contributed by atoms with Crippen LogP contribution in [0.25, 0.3) is 0 Å². The number of guanidine groups is 1. The third-order valence-electron chi connectivity index (χ3n) is 5.22. The minimum absolute atomic E-state index is 0.607. The van der Waals surface area contributed by atoms with E-state index in [-0.39, 0.29) is 0 Å². The molecule has 0 aliphatic carbocycles. The van der Waals surface area contributed by atoms with Crippen molar-refractivity contribution in [1.82, 2.24) is 15.2 Å². The third kappa shape index (κ3) is 5.10. The number of aromatic nitrogens is 1. The fourth-order valence-electron chi connectivity index (χ4n) is 3.84. The molecule has 1 atom stereocenters. The van der Waals surface area contributed by atoms with Gasteiger partial charge in [-0.25, -0.2) is 9.98 Å². The van der Waals surface area contributed by atoms with E-state index in [1.807, 2.05) is 6.20 Å². The highest BCUT2D eigenvalue weighted by Gasteiger charge is 2.24. The fourth-order valence-corrected chi connectivity index (χ4v) is 3.84. The normalized spacial score (nSPS) is 21.3. The lowest BCUT2D eigenvalue weighted by Gasteiger charge is -2.27. The number of anilines is 1. The van der Waals surface area contributed by atoms with Crippen molar-refractivity contribution in [2.45, 2.75) is 39.2 Å². The monoisotopic (exact) mass is 359 g/mol. The molecule has 2 saturated heterocycles. The van der Waals surface area contributed by atoms with Gasteiger partial charge in [0.15, 0.2) is 5.96 Å². The van der Waals surface area contributed by atoms with Gasteiger partial charge in [-0.3, -0.25) is 0 Å². The lowest BCUT2D eigenvalue weighted by atomic mass is 10.1. The molecule has 0 aromatic carbocycles. The molecule has 1 aromatic rings. The van der Waals surface area contributed by atoms with Gasteiger partial charge in [-0.1, -0.05) is 0 Å². The molecule has 144 valence electrons. The molecular weight excluding hydrogens is 326 g/mol. The van der Waals surface area contributed by atoms with E-state index in [0.717, 1.165) is 51.1 Å². The number of methoxy groups -OCH3 is 1. The van der Waals surface area contributed by atoms with E-state index in [1.165, 1.54) is 31.2 Å². The van der Waals surface area contributed by atoms with E-state index < -0.39 is 0 Å². The minimum Gasteiger partial charge on any atom is -0.384 e. The van der Waals surface area contributed by atoms with Crippen LogP contribution < -0.4 is 10.2 Å². The zero-order valence-electron chi connectivity index (χ0n) is 16.3. The number of rotatable bonds is 6. The molecule has 3 heterocycles. The van der Waals surface area contributed by atoms with Crippen molar-refractivity contribution >= 4 is 11.8 Å². The van der Waals surface area contributed by atoms with Gasteiger partial charge in [0.05, 0.1) is 13.2 Å². The Bertz CT molecular complexity index is 585. The summed E-state index contributed by atoms with van der Waals surface area (Å²) in [5, 5.41) is 3.44. The molecule has 26 heavy (non-hydrogen) atoms. The van der Waals surface area contributed by atoms with Gasteiger partial charge in [0, 0.05) is 51.9 Å². The Hall–Kier alpha value is -1.82. The van der Waals surface area contributed by atoms with Crippen molar-refractivity contribution in [3.63, 3.8) is 0 Å². The number of pyridine rings is 1. The molecule has 1 aromatic heterocycles. The van der Waals surface area contributed by atoms with E-state index in [4.69, 9.17) is 9.73 Å². The quantitative estimate of drug-likeness (QED) is 0.625. The van der Waals surface area contributed by atoms with Crippen LogP contribution in [-0.4, -0.2) is 62.3 Å². The lowest BCUT2D eigenvalue weighted by molar-refractivity contribution is 0.157. The number of hydrogen-bond donors (Lipinski definition) is 1. The van der Waals surface area contributed by atoms with Crippen LogP contribution in [0.3, 0.4) is 0 Å². The van der Waals surface area contributed by atoms with Gasteiger partial charge < -0.3 is 19.9 Å². The highest BCUT2D eigenvalue weighted by molar-refractivity contribution is 5.80. The number of hydrogen-bond acceptors (Lipinski definition) is 4. The van der Waals surface area contributed by atoms with Crippen LogP contribution in [-0.2, 0) is 11.3 Å². The van der Waals surface area contributed by atoms with Crippen LogP contribution in [0.2, 0.25) is 0 Å². The Morgan fingerprint density at radius 2 is 2.15 bits per heavy atom. The van der Waals surface area contributed by atoms with Crippen molar-refractivity contribution in [2.75, 3.05) is 51.3 Å². The van der Waals surface area contributed by atoms with Gasteiger partial charge in [-0.05, 0) is 50.3 Å². The Morgan fingerprint density at radius 1 is 1.31 bits per heavy atom. The van der Waals surface area contributed by atoms with Gasteiger partial charge in [0.1, 0.15) is 5.82 Å². The average molecular weight is 360 g/mol. The SMILES string of the molecule is CCNC(=NCc1ccnc(N2CCCCC2)c1)N1CCC(COC)C1. The summed E-state index contributed by atoms with van der Waals surface area (Å²) in [7, 11) is 1.78. The summed E-state index contributed by atoms with van der Waals surface area (Å²) in [6.45, 7) is 8.85. The van der Waals surface area contributed by atoms with Crippen LogP contribution >= 0.6 is 0 Å². The first kappa shape index (κ1) is 19.0. The standard InChI is InChI=1S/C20H33N5O/c1-3-21-20(25-12-8-18(15-25)16-26-2)23-14-17-7-9-22-19(13-17)24-10-5-4-6-11-24/h7,9,13,18H,3-6,8,10-12,14-16H2,1-2H3,(H,21,23). The van der Waals surface area contributed by atoms with E-state index in [0.29, 0.717) is 12.5 Å². The molecule has 0 spiro atoms. The molecular formula is C20H33N5O. The Kier molecular flexibility index (Phi) is 7.12. The maximum atomic E-state index is 5.32. The first-order chi connectivity index (χ1) is 12.8. The summed E-state index contributed by atoms with van der Waals surface area (Å²) in [5.74, 6) is 2.72. The number of piperidine rings is 1. The summed E-state index contributed by atoms with van der Waals surface area (Å²) in [6.07, 6.45) is 6.98. The van der Waals surface area contributed by atoms with Gasteiger partial charge in [-0.15, -0.1) is 0 Å². The van der Waals surface area contributed by atoms with Crippen molar-refractivity contribution in [3.05, 3.63) is 23.9 Å². The largest absolute Gasteiger partial charge is 0.384 e. The summed E-state index contributed by atoms with van der Waals surface area (Å²) >= 11 is 0. The van der Waals surface area contributed by atoms with Crippen LogP contribution in [0, 0.1) is 5.92 Å². The molecule has 2 aliphatic rings. The Morgan fingerprint density at radius 3 is 2.92 bits per heavy atom. The maximum Gasteiger partial charge on any atom is 0.194 e. The highest BCUT2D eigenvalue weighted by atomic mass is 16.5. The number of nitrogens with zero attached hydrogens (tertiary/aromatic N) is 4. The second kappa shape index (κ2) is 9.76. The van der Waals surface area contributed by atoms with E-state index in [9.17, 15) is 0 Å². The van der Waals surface area contributed by atoms with Crippen LogP contribution in [0.5, 0.6) is 0 Å². The van der Waals surface area contributed by atoms with Gasteiger partial charge >= 0.3 is 0 Å². The molecule has 0 bridgehead atoms. The zero-order chi connectivity index (χ0) is 18.2. The highest BCUT2D eigenvalue weighted by Crippen LogP contribution is 2.19. The molecule has 2 fully saturated rings. The molecule has 3 rings (SSSR count). The molecule has 0 radical (unpaired) electrons. The average Bonchev–Trinajstić information content (AvgIpc) is 3.15. The second-order valence-corrected chi connectivity index (χ2v) is 7.30. The molecule has 6 nitrogen and oxygen atoms in total. The summed E-state index contributed by atoms with van der Waals surface area (Å²) in [5.41, 5.74) is 1.23. The van der Waals surface area contributed by atoms with E-state index in [2.05, 4.69) is 39.2 Å². The Labute approximate surface area is 157 Å². The maximum absolute atomic E-state index is 5.32. The third-order valence-corrected chi connectivity index (χ3v) is 5.22. The van der Waals surface area contributed by atoms with Gasteiger partial charge in [-0.2, -0.15) is 0 Å². The van der Waals surface area contributed by atoms with Crippen molar-refractivity contribution in [1.29, 1.82) is 0 Å². The van der Waals surface area contributed by atoms with Gasteiger partial charge in [0.2, 0.25) is 0 Å². The smallest absolute Gasteiger partial charge is 0.194 e. The molecule has 2 aliphatic heterocycles. The number of ether oxygens (including phenoxy) is 1. The molecule has 0 amide bonds. The molecule has 0 saturated carbocycles. The number of nitrogens with one attached hydrogen (secondary N) is 1. The van der Waals surface area contributed by atoms with E-state index >= 15 is 0 Å². The number of likely N-dealkylation sites (tertiary alicyclic amines) is 1. The Balaban J connectivity index is 1.64. The summed E-state index contributed by atoms with van der Waals surface area (Å²) < 4.78 is 5.32. The van der Waals surface area contributed by atoms with Crippen molar-refractivity contribution < 1.29 is 4.74 Å². The summed E-state index contributed by atoms with van der Waals surface area (Å²) in [6, 6.07) is 4.29. The van der Waals surface area contributed by atoms with Crippen molar-refractivity contribution in [2.24, 2.45) is 10.9 Å². The van der Waals surface area contributed by atoms with Gasteiger partial charge in [0.25, 0.3) is 0 Å². The lowest BCUT2D eigenvalue weighted by Crippen LogP contribution is -2.40.